The molecule has 1 aromatic carbocycles. The first-order valence-electron chi connectivity index (χ1n) is 5.25. The van der Waals surface area contributed by atoms with E-state index in [0.717, 1.165) is 0 Å². The molecule has 1 aromatic rings. The topological polar surface area (TPSA) is 74.2 Å². The van der Waals surface area contributed by atoms with Gasteiger partial charge in [0, 0.05) is 13.8 Å². The first kappa shape index (κ1) is 12.1. The zero-order valence-electron chi connectivity index (χ0n) is 9.88. The Morgan fingerprint density at radius 2 is 1.78 bits per heavy atom. The molecule has 6 nitrogen and oxygen atoms in total. The van der Waals surface area contributed by atoms with Gasteiger partial charge in [0.15, 0.2) is 5.75 Å². The zero-order chi connectivity index (χ0) is 13.2. The summed E-state index contributed by atoms with van der Waals surface area (Å²) in [6.45, 7) is 2.99. The lowest BCUT2D eigenvalue weighted by atomic mass is 10.3. The SMILES string of the molecule is CC1(C)OC(=O)C(=O)/C(=N\Oc2ccccc2)O1. The van der Waals surface area contributed by atoms with Crippen molar-refractivity contribution in [3.8, 4) is 5.75 Å². The van der Waals surface area contributed by atoms with Gasteiger partial charge < -0.3 is 14.3 Å². The molecule has 0 saturated carbocycles. The number of para-hydroxylation sites is 1. The van der Waals surface area contributed by atoms with Gasteiger partial charge in [-0.1, -0.05) is 18.2 Å². The number of nitrogens with zero attached hydrogens (tertiary/aromatic N) is 1. The summed E-state index contributed by atoms with van der Waals surface area (Å²) in [6.07, 6.45) is 0. The average molecular weight is 249 g/mol. The van der Waals surface area contributed by atoms with Crippen LogP contribution in [0.15, 0.2) is 35.5 Å². The minimum absolute atomic E-state index is 0.417. The van der Waals surface area contributed by atoms with Crippen LogP contribution in [-0.2, 0) is 19.1 Å². The highest BCUT2D eigenvalue weighted by Crippen LogP contribution is 2.18. The van der Waals surface area contributed by atoms with Crippen LogP contribution in [-0.4, -0.2) is 23.4 Å². The van der Waals surface area contributed by atoms with Gasteiger partial charge in [0.25, 0.3) is 5.79 Å². The molecule has 1 heterocycles. The maximum Gasteiger partial charge on any atom is 0.388 e. The van der Waals surface area contributed by atoms with E-state index in [-0.39, 0.29) is 0 Å². The van der Waals surface area contributed by atoms with Crippen molar-refractivity contribution in [3.63, 3.8) is 0 Å². The van der Waals surface area contributed by atoms with Crippen molar-refractivity contribution in [1.82, 2.24) is 0 Å². The van der Waals surface area contributed by atoms with Crippen molar-refractivity contribution >= 4 is 17.7 Å². The van der Waals surface area contributed by atoms with E-state index in [1.807, 2.05) is 6.07 Å². The molecule has 94 valence electrons. The van der Waals surface area contributed by atoms with E-state index in [1.54, 1.807) is 24.3 Å². The van der Waals surface area contributed by atoms with Crippen LogP contribution in [0.1, 0.15) is 13.8 Å². The standard InChI is InChI=1S/C12H11NO5/c1-12(2)16-10(9(14)11(15)17-12)13-18-8-6-4-3-5-7-8/h3-7H,1-2H3/b13-10+. The molecule has 0 aromatic heterocycles. The third kappa shape index (κ3) is 2.65. The predicted octanol–water partition coefficient (Wildman–Crippen LogP) is 1.26. The summed E-state index contributed by atoms with van der Waals surface area (Å²) in [6, 6.07) is 8.61. The molecule has 0 atom stereocenters. The molecule has 1 fully saturated rings. The molecule has 1 aliphatic rings. The number of rotatable bonds is 2. The molecule has 0 radical (unpaired) electrons. The summed E-state index contributed by atoms with van der Waals surface area (Å²) in [5.74, 6) is -3.20. The van der Waals surface area contributed by atoms with E-state index < -0.39 is 23.4 Å². The molecule has 2 rings (SSSR count). The largest absolute Gasteiger partial charge is 0.430 e. The highest BCUT2D eigenvalue weighted by Gasteiger charge is 2.41. The van der Waals surface area contributed by atoms with Gasteiger partial charge in [-0.3, -0.25) is 4.79 Å². The highest BCUT2D eigenvalue weighted by atomic mass is 16.7. The van der Waals surface area contributed by atoms with Crippen LogP contribution in [0.25, 0.3) is 0 Å². The van der Waals surface area contributed by atoms with E-state index >= 15 is 0 Å². The first-order valence-corrected chi connectivity index (χ1v) is 5.25. The van der Waals surface area contributed by atoms with Crippen LogP contribution in [0.5, 0.6) is 5.75 Å². The lowest BCUT2D eigenvalue weighted by molar-refractivity contribution is -0.200. The van der Waals surface area contributed by atoms with Crippen molar-refractivity contribution in [3.05, 3.63) is 30.3 Å². The number of oxime groups is 1. The van der Waals surface area contributed by atoms with Crippen molar-refractivity contribution in [2.75, 3.05) is 0 Å². The van der Waals surface area contributed by atoms with Crippen molar-refractivity contribution < 1.29 is 23.9 Å². The molecule has 0 bridgehead atoms. The van der Waals surface area contributed by atoms with Gasteiger partial charge in [-0.2, -0.15) is 0 Å². The average Bonchev–Trinajstić information content (AvgIpc) is 2.33. The van der Waals surface area contributed by atoms with E-state index in [9.17, 15) is 9.59 Å². The van der Waals surface area contributed by atoms with E-state index in [2.05, 4.69) is 5.16 Å². The van der Waals surface area contributed by atoms with Gasteiger partial charge in [0.05, 0.1) is 0 Å². The van der Waals surface area contributed by atoms with Crippen molar-refractivity contribution in [1.29, 1.82) is 0 Å². The number of cyclic esters (lactones) is 1. The Labute approximate surface area is 103 Å². The smallest absolute Gasteiger partial charge is 0.388 e. The molecule has 6 heteroatoms. The van der Waals surface area contributed by atoms with Crippen LogP contribution >= 0.6 is 0 Å². The van der Waals surface area contributed by atoms with Crippen LogP contribution in [0.3, 0.4) is 0 Å². The molecular formula is C12H11NO5. The fourth-order valence-corrected chi connectivity index (χ4v) is 1.29. The summed E-state index contributed by atoms with van der Waals surface area (Å²) in [4.78, 5) is 27.7. The van der Waals surface area contributed by atoms with Crippen LogP contribution < -0.4 is 4.84 Å². The first-order chi connectivity index (χ1) is 8.48. The number of carbonyl (C=O) groups excluding carboxylic acids is 2. The van der Waals surface area contributed by atoms with E-state index in [4.69, 9.17) is 14.3 Å². The Kier molecular flexibility index (Phi) is 3.01. The molecule has 0 N–H and O–H groups in total. The van der Waals surface area contributed by atoms with Crippen molar-refractivity contribution in [2.24, 2.45) is 5.16 Å². The Bertz CT molecular complexity index is 506. The summed E-state index contributed by atoms with van der Waals surface area (Å²) in [5.41, 5.74) is 0. The number of ether oxygens (including phenoxy) is 2. The molecule has 1 aliphatic heterocycles. The van der Waals surface area contributed by atoms with Gasteiger partial charge in [-0.15, -0.1) is 0 Å². The highest BCUT2D eigenvalue weighted by molar-refractivity contribution is 6.62. The Balaban J connectivity index is 2.16. The van der Waals surface area contributed by atoms with E-state index in [1.165, 1.54) is 13.8 Å². The molecule has 0 aliphatic carbocycles. The van der Waals surface area contributed by atoms with Crippen LogP contribution in [0.4, 0.5) is 0 Å². The van der Waals surface area contributed by atoms with Gasteiger partial charge in [-0.05, 0) is 17.3 Å². The fourth-order valence-electron chi connectivity index (χ4n) is 1.29. The molecule has 0 spiro atoms. The van der Waals surface area contributed by atoms with Gasteiger partial charge >= 0.3 is 17.7 Å². The minimum Gasteiger partial charge on any atom is -0.430 e. The maximum absolute atomic E-state index is 11.4. The third-order valence-corrected chi connectivity index (χ3v) is 2.04. The number of Topliss-reactive ketones (excluding diaryl/α,β-unsaturated/α-hetero) is 1. The van der Waals surface area contributed by atoms with Crippen LogP contribution in [0, 0.1) is 0 Å². The second-order valence-electron chi connectivity index (χ2n) is 4.02. The summed E-state index contributed by atoms with van der Waals surface area (Å²) in [7, 11) is 0. The van der Waals surface area contributed by atoms with Crippen LogP contribution in [0.2, 0.25) is 0 Å². The second kappa shape index (κ2) is 4.48. The van der Waals surface area contributed by atoms with Gasteiger partial charge in [-0.25, -0.2) is 4.79 Å². The number of hydrogen-bond donors (Lipinski definition) is 0. The van der Waals surface area contributed by atoms with E-state index in [0.29, 0.717) is 5.75 Å². The maximum atomic E-state index is 11.4. The number of hydrogen-bond acceptors (Lipinski definition) is 6. The van der Waals surface area contributed by atoms with Gasteiger partial charge in [0.2, 0.25) is 0 Å². The van der Waals surface area contributed by atoms with Gasteiger partial charge in [0.1, 0.15) is 0 Å². The number of carbonyl (C=O) groups is 2. The number of benzene rings is 1. The lowest BCUT2D eigenvalue weighted by Crippen LogP contribution is -2.46. The summed E-state index contributed by atoms with van der Waals surface area (Å²) in [5, 5.41) is 3.52. The predicted molar refractivity (Wildman–Crippen MR) is 60.8 cm³/mol. The second-order valence-corrected chi connectivity index (χ2v) is 4.02. The quantitative estimate of drug-likeness (QED) is 0.448. The molecule has 0 amide bonds. The fraction of sp³-hybridized carbons (Fsp3) is 0.250. The monoisotopic (exact) mass is 249 g/mol. The zero-order valence-corrected chi connectivity index (χ0v) is 9.88. The molecular weight excluding hydrogens is 238 g/mol. The summed E-state index contributed by atoms with van der Waals surface area (Å²) >= 11 is 0. The molecule has 0 unspecified atom stereocenters. The Hall–Kier alpha value is -2.37. The normalized spacial score (nSPS) is 20.2. The number of ketones is 1. The van der Waals surface area contributed by atoms with Crippen molar-refractivity contribution in [2.45, 2.75) is 19.6 Å². The molecule has 1 saturated heterocycles. The third-order valence-electron chi connectivity index (χ3n) is 2.04. The Morgan fingerprint density at radius 1 is 1.11 bits per heavy atom. The lowest BCUT2D eigenvalue weighted by Gasteiger charge is -2.29. The summed E-state index contributed by atoms with van der Waals surface area (Å²) < 4.78 is 9.83. The minimum atomic E-state index is -1.23. The Morgan fingerprint density at radius 3 is 2.44 bits per heavy atom. The number of esters is 1. The molecule has 18 heavy (non-hydrogen) atoms.